The summed E-state index contributed by atoms with van der Waals surface area (Å²) in [5.41, 5.74) is -0.613. The molecule has 1 aromatic heterocycles. The van der Waals surface area contributed by atoms with Crippen molar-refractivity contribution in [2.24, 2.45) is 10.2 Å². The molecular formula is C26H17ClN7Na3O10S3. The van der Waals surface area contributed by atoms with Crippen molar-refractivity contribution >= 4 is 87.4 Å². The summed E-state index contributed by atoms with van der Waals surface area (Å²) >= 11 is 6.09. The Morgan fingerprint density at radius 1 is 0.760 bits per heavy atom. The Kier molecular flexibility index (Phi) is 15.4. The number of halogens is 1. The summed E-state index contributed by atoms with van der Waals surface area (Å²) in [4.78, 5) is 11.5. The molecule has 0 fully saturated rings. The fourth-order valence-electron chi connectivity index (χ4n) is 4.18. The molecule has 50 heavy (non-hydrogen) atoms. The van der Waals surface area contributed by atoms with Crippen LogP contribution < -0.4 is 98.9 Å². The number of hydrogen-bond donors (Lipinski definition) is 2. The number of benzene rings is 4. The molecule has 5 rings (SSSR count). The standard InChI is InChI=1S/C26H20ClN7O10S3.3Na/c1-34(26-30-24(27)29-25(31-26)28-15-6-9-17(10-7-15)45(36,37)38)16-8-11-18-14(12-16)13-21(47(42,43)44)22(23(18)35)33-32-19-4-2-3-5-20(19)46(39,40)41;;;/h2-13,35H,1H3,(H,36,37,38)(H,39,40,41)(H,42,43,44)(H,28,29,30,31);;;/q;3*+1/p-3. The predicted molar refractivity (Wildman–Crippen MR) is 163 cm³/mol. The number of anilines is 4. The van der Waals surface area contributed by atoms with Gasteiger partial charge in [-0.05, 0) is 77.7 Å². The van der Waals surface area contributed by atoms with Crippen LogP contribution in [0.3, 0.4) is 0 Å². The number of fused-ring (bicyclic) bond motifs is 1. The van der Waals surface area contributed by atoms with Crippen molar-refractivity contribution in [3.8, 4) is 5.75 Å². The fourth-order valence-corrected chi connectivity index (χ4v) is 6.07. The van der Waals surface area contributed by atoms with E-state index in [2.05, 4.69) is 30.5 Å². The van der Waals surface area contributed by atoms with E-state index in [1.807, 2.05) is 0 Å². The molecule has 0 bridgehead atoms. The second-order valence-electron chi connectivity index (χ2n) is 9.44. The number of rotatable bonds is 9. The van der Waals surface area contributed by atoms with Crippen LogP contribution in [-0.2, 0) is 30.4 Å². The summed E-state index contributed by atoms with van der Waals surface area (Å²) < 4.78 is 105. The van der Waals surface area contributed by atoms with Crippen molar-refractivity contribution in [2.75, 3.05) is 17.3 Å². The third kappa shape index (κ3) is 10.4. The van der Waals surface area contributed by atoms with E-state index >= 15 is 0 Å². The molecule has 0 aliphatic heterocycles. The second-order valence-corrected chi connectivity index (χ2v) is 13.9. The normalized spacial score (nSPS) is 11.7. The number of azo groups is 1. The number of hydrogen-bond acceptors (Lipinski definition) is 17. The van der Waals surface area contributed by atoms with Crippen LogP contribution in [0.1, 0.15) is 0 Å². The van der Waals surface area contributed by atoms with E-state index in [1.165, 1.54) is 54.4 Å². The third-order valence-electron chi connectivity index (χ3n) is 6.38. The number of phenols is 1. The Bertz CT molecular complexity index is 2430. The van der Waals surface area contributed by atoms with Gasteiger partial charge >= 0.3 is 88.7 Å². The Balaban J connectivity index is 0.00000289. The van der Waals surface area contributed by atoms with Gasteiger partial charge < -0.3 is 29.0 Å². The summed E-state index contributed by atoms with van der Waals surface area (Å²) in [6.45, 7) is 0. The molecule has 0 amide bonds. The molecule has 0 spiro atoms. The zero-order chi connectivity index (χ0) is 34.3. The van der Waals surface area contributed by atoms with Gasteiger partial charge in [-0.2, -0.15) is 15.0 Å². The van der Waals surface area contributed by atoms with Gasteiger partial charge in [0.05, 0.1) is 14.7 Å². The molecule has 5 aromatic rings. The Labute approximate surface area is 356 Å². The van der Waals surface area contributed by atoms with E-state index in [1.54, 1.807) is 0 Å². The molecule has 0 unspecified atom stereocenters. The van der Waals surface area contributed by atoms with Crippen LogP contribution >= 0.6 is 11.6 Å². The van der Waals surface area contributed by atoms with E-state index in [4.69, 9.17) is 11.6 Å². The second kappa shape index (κ2) is 17.3. The van der Waals surface area contributed by atoms with Gasteiger partial charge in [0.15, 0.2) is 5.75 Å². The summed E-state index contributed by atoms with van der Waals surface area (Å²) in [6.07, 6.45) is 0. The fraction of sp³-hybridized carbons (Fsp3) is 0.0385. The van der Waals surface area contributed by atoms with Crippen molar-refractivity contribution in [1.29, 1.82) is 0 Å². The number of aromatic nitrogens is 3. The van der Waals surface area contributed by atoms with Crippen LogP contribution in [0.2, 0.25) is 5.28 Å². The minimum Gasteiger partial charge on any atom is -0.744 e. The Hall–Kier alpha value is -1.83. The number of nitrogens with zero attached hydrogens (tertiary/aromatic N) is 6. The van der Waals surface area contributed by atoms with Gasteiger partial charge in [0, 0.05) is 23.8 Å². The average Bonchev–Trinajstić information content (AvgIpc) is 2.98. The van der Waals surface area contributed by atoms with Gasteiger partial charge in [0.25, 0.3) is 0 Å². The van der Waals surface area contributed by atoms with Gasteiger partial charge in [-0.25, -0.2) is 25.3 Å². The first-order valence-electron chi connectivity index (χ1n) is 12.6. The molecule has 2 N–H and O–H groups in total. The van der Waals surface area contributed by atoms with E-state index < -0.39 is 62.2 Å². The SMILES string of the molecule is CN(c1ccc2c(O)c(N=Nc3ccccc3S(=O)(=O)[O-])c(S(=O)(=O)[O-])cc2c1)c1nc(Cl)nc(Nc2ccc(S(=O)(=O)[O-])cc2)n1.[Na+].[Na+].[Na+]. The van der Waals surface area contributed by atoms with Crippen molar-refractivity contribution in [3.63, 3.8) is 0 Å². The van der Waals surface area contributed by atoms with Crippen molar-refractivity contribution < 1.29 is 133 Å². The molecule has 0 saturated heterocycles. The maximum Gasteiger partial charge on any atom is 1.00 e. The molecule has 244 valence electrons. The molecule has 0 atom stereocenters. The molecule has 0 saturated carbocycles. The molecule has 0 aliphatic carbocycles. The molecule has 1 heterocycles. The van der Waals surface area contributed by atoms with Gasteiger partial charge in [-0.3, -0.25) is 0 Å². The van der Waals surface area contributed by atoms with Crippen molar-refractivity contribution in [1.82, 2.24) is 15.0 Å². The van der Waals surface area contributed by atoms with Gasteiger partial charge in [-0.1, -0.05) is 12.1 Å². The van der Waals surface area contributed by atoms with E-state index in [0.29, 0.717) is 11.4 Å². The average molecular weight is 788 g/mol. The Morgan fingerprint density at radius 3 is 1.98 bits per heavy atom. The third-order valence-corrected chi connectivity index (χ3v) is 9.13. The maximum atomic E-state index is 12.2. The quantitative estimate of drug-likeness (QED) is 0.0805. The molecule has 24 heteroatoms. The maximum absolute atomic E-state index is 12.2. The molecule has 17 nitrogen and oxygen atoms in total. The minimum atomic E-state index is -5.29. The molecule has 0 aliphatic rings. The van der Waals surface area contributed by atoms with Crippen molar-refractivity contribution in [2.45, 2.75) is 14.7 Å². The molecular weight excluding hydrogens is 771 g/mol. The van der Waals surface area contributed by atoms with Crippen LogP contribution in [0.5, 0.6) is 5.75 Å². The monoisotopic (exact) mass is 787 g/mol. The Morgan fingerprint density at radius 2 is 1.38 bits per heavy atom. The van der Waals surface area contributed by atoms with Gasteiger partial charge in [0.1, 0.15) is 41.7 Å². The van der Waals surface area contributed by atoms with Crippen LogP contribution in [0.25, 0.3) is 10.8 Å². The van der Waals surface area contributed by atoms with Crippen LogP contribution in [-0.4, -0.2) is 66.0 Å². The summed E-state index contributed by atoms with van der Waals surface area (Å²) in [5.74, 6) is -0.865. The van der Waals surface area contributed by atoms with E-state index in [9.17, 15) is 44.0 Å². The first-order chi connectivity index (χ1) is 21.9. The first kappa shape index (κ1) is 44.3. The van der Waals surface area contributed by atoms with Crippen LogP contribution in [0.15, 0.2) is 97.7 Å². The van der Waals surface area contributed by atoms with Gasteiger partial charge in [0.2, 0.25) is 17.2 Å². The largest absolute Gasteiger partial charge is 1.00 e. The zero-order valence-electron chi connectivity index (χ0n) is 26.3. The number of aromatic hydroxyl groups is 1. The first-order valence-corrected chi connectivity index (χ1v) is 17.2. The number of phenolic OH excluding ortho intramolecular Hbond substituents is 1. The zero-order valence-corrected chi connectivity index (χ0v) is 35.5. The van der Waals surface area contributed by atoms with Crippen LogP contribution in [0.4, 0.5) is 34.6 Å². The van der Waals surface area contributed by atoms with E-state index in [0.717, 1.165) is 30.3 Å². The van der Waals surface area contributed by atoms with Crippen LogP contribution in [0, 0.1) is 0 Å². The van der Waals surface area contributed by atoms with Crippen molar-refractivity contribution in [3.05, 3.63) is 78.1 Å². The number of nitrogens with one attached hydrogen (secondary N) is 1. The van der Waals surface area contributed by atoms with Gasteiger partial charge in [-0.15, -0.1) is 10.2 Å². The predicted octanol–water partition coefficient (Wildman–Crippen LogP) is -4.96. The smallest absolute Gasteiger partial charge is 0.744 e. The topological polar surface area (TPSA) is 270 Å². The summed E-state index contributed by atoms with van der Waals surface area (Å²) in [5, 5.41) is 20.8. The molecule has 0 radical (unpaired) electrons. The minimum absolute atomic E-state index is 0. The summed E-state index contributed by atoms with van der Waals surface area (Å²) in [6, 6.07) is 14.6. The molecule has 4 aromatic carbocycles. The summed E-state index contributed by atoms with van der Waals surface area (Å²) in [7, 11) is -13.4. The van der Waals surface area contributed by atoms with E-state index in [-0.39, 0.29) is 117 Å².